The number of aromatic nitrogens is 2. The molecule has 1 aromatic carbocycles. The summed E-state index contributed by atoms with van der Waals surface area (Å²) in [5, 5.41) is 13.6. The molecule has 0 aliphatic heterocycles. The first-order valence-corrected chi connectivity index (χ1v) is 7.23. The molecule has 0 radical (unpaired) electrons. The second-order valence-electron chi connectivity index (χ2n) is 4.41. The minimum Gasteiger partial charge on any atom is -0.384 e. The Labute approximate surface area is 125 Å². The third kappa shape index (κ3) is 2.87. The molecule has 1 N–H and O–H groups in total. The molecule has 0 aliphatic carbocycles. The zero-order chi connectivity index (χ0) is 14.7. The molecule has 0 bridgehead atoms. The number of hydrogen-bond donors (Lipinski definition) is 1. The summed E-state index contributed by atoms with van der Waals surface area (Å²) in [7, 11) is 0. The molecule has 2 heterocycles. The van der Waals surface area contributed by atoms with Crippen LogP contribution in [0.15, 0.2) is 47.4 Å². The van der Waals surface area contributed by atoms with Gasteiger partial charge >= 0.3 is 0 Å². The Bertz CT molecular complexity index is 900. The summed E-state index contributed by atoms with van der Waals surface area (Å²) in [5.74, 6) is 5.52. The van der Waals surface area contributed by atoms with Crippen LogP contribution in [-0.4, -0.2) is 21.5 Å². The van der Waals surface area contributed by atoms with Gasteiger partial charge in [0.1, 0.15) is 6.61 Å². The summed E-state index contributed by atoms with van der Waals surface area (Å²) in [6.07, 6.45) is 1.35. The molecule has 21 heavy (non-hydrogen) atoms. The quantitative estimate of drug-likeness (QED) is 0.734. The maximum atomic E-state index is 11.8. The fourth-order valence-electron chi connectivity index (χ4n) is 2.09. The highest BCUT2D eigenvalue weighted by Crippen LogP contribution is 2.18. The molecule has 0 spiro atoms. The lowest BCUT2D eigenvalue weighted by atomic mass is 10.2. The van der Waals surface area contributed by atoms with Crippen molar-refractivity contribution in [2.75, 3.05) is 6.61 Å². The Balaban J connectivity index is 1.97. The predicted molar refractivity (Wildman–Crippen MR) is 83.4 cm³/mol. The van der Waals surface area contributed by atoms with Gasteiger partial charge in [-0.3, -0.25) is 9.48 Å². The van der Waals surface area contributed by atoms with E-state index in [0.29, 0.717) is 11.9 Å². The van der Waals surface area contributed by atoms with Crippen LogP contribution in [0.25, 0.3) is 10.9 Å². The molecule has 0 saturated heterocycles. The van der Waals surface area contributed by atoms with Crippen LogP contribution in [0.3, 0.4) is 0 Å². The monoisotopic (exact) mass is 296 g/mol. The number of benzene rings is 1. The third-order valence-corrected chi connectivity index (χ3v) is 4.01. The van der Waals surface area contributed by atoms with Crippen molar-refractivity contribution in [3.63, 3.8) is 0 Å². The summed E-state index contributed by atoms with van der Waals surface area (Å²) >= 11 is 1.56. The highest BCUT2D eigenvalue weighted by molar-refractivity contribution is 7.12. The van der Waals surface area contributed by atoms with Gasteiger partial charge in [-0.25, -0.2) is 0 Å². The first-order valence-electron chi connectivity index (χ1n) is 6.41. The molecular formula is C16H12N2O2S. The van der Waals surface area contributed by atoms with Gasteiger partial charge in [0.15, 0.2) is 0 Å². The Kier molecular flexibility index (Phi) is 3.82. The van der Waals surface area contributed by atoms with E-state index in [1.807, 2.05) is 41.1 Å². The van der Waals surface area contributed by atoms with Crippen molar-refractivity contribution in [2.24, 2.45) is 0 Å². The summed E-state index contributed by atoms with van der Waals surface area (Å²) < 4.78 is 1.81. The van der Waals surface area contributed by atoms with E-state index in [1.165, 1.54) is 6.20 Å². The zero-order valence-electron chi connectivity index (χ0n) is 11.1. The number of rotatable bonds is 2. The molecule has 0 fully saturated rings. The van der Waals surface area contributed by atoms with Gasteiger partial charge in [-0.1, -0.05) is 24.0 Å². The van der Waals surface area contributed by atoms with Crippen LogP contribution in [0.2, 0.25) is 0 Å². The van der Waals surface area contributed by atoms with Gasteiger partial charge in [0.25, 0.3) is 0 Å². The molecule has 5 heteroatoms. The van der Waals surface area contributed by atoms with Gasteiger partial charge < -0.3 is 5.11 Å². The smallest absolute Gasteiger partial charge is 0.207 e. The van der Waals surface area contributed by atoms with Crippen molar-refractivity contribution in [1.29, 1.82) is 0 Å². The molecule has 3 aromatic rings. The predicted octanol–water partition coefficient (Wildman–Crippen LogP) is 1.85. The zero-order valence-corrected chi connectivity index (χ0v) is 11.9. The lowest BCUT2D eigenvalue weighted by molar-refractivity contribution is 0.350. The van der Waals surface area contributed by atoms with Crippen LogP contribution >= 0.6 is 11.3 Å². The number of nitrogens with zero attached hydrogens (tertiary/aromatic N) is 2. The van der Waals surface area contributed by atoms with Crippen molar-refractivity contribution in [3.8, 4) is 11.8 Å². The maximum absolute atomic E-state index is 11.8. The first-order chi connectivity index (χ1) is 10.3. The van der Waals surface area contributed by atoms with Crippen molar-refractivity contribution in [1.82, 2.24) is 9.78 Å². The number of para-hydroxylation sites is 1. The highest BCUT2D eigenvalue weighted by atomic mass is 32.1. The lowest BCUT2D eigenvalue weighted by Gasteiger charge is -2.07. The third-order valence-electron chi connectivity index (χ3n) is 3.02. The van der Waals surface area contributed by atoms with Crippen LogP contribution in [0, 0.1) is 11.8 Å². The van der Waals surface area contributed by atoms with Crippen molar-refractivity contribution >= 4 is 22.2 Å². The normalized spacial score (nSPS) is 10.3. The van der Waals surface area contributed by atoms with Crippen molar-refractivity contribution in [3.05, 3.63) is 62.6 Å². The maximum Gasteiger partial charge on any atom is 0.207 e. The molecule has 0 saturated carbocycles. The van der Waals surface area contributed by atoms with Gasteiger partial charge in [0, 0.05) is 10.3 Å². The van der Waals surface area contributed by atoms with Crippen LogP contribution < -0.4 is 5.43 Å². The number of aliphatic hydroxyl groups is 1. The lowest BCUT2D eigenvalue weighted by Crippen LogP contribution is -2.12. The van der Waals surface area contributed by atoms with Gasteiger partial charge in [-0.15, -0.1) is 11.3 Å². The second kappa shape index (κ2) is 5.92. The Morgan fingerprint density at radius 2 is 2.10 bits per heavy atom. The molecule has 3 rings (SSSR count). The number of fused-ring (bicyclic) bond motifs is 1. The van der Waals surface area contributed by atoms with Crippen LogP contribution in [0.4, 0.5) is 0 Å². The fourth-order valence-corrected chi connectivity index (χ4v) is 2.96. The largest absolute Gasteiger partial charge is 0.384 e. The van der Waals surface area contributed by atoms with E-state index in [1.54, 1.807) is 11.3 Å². The van der Waals surface area contributed by atoms with Crippen molar-refractivity contribution < 1.29 is 5.11 Å². The molecule has 0 aliphatic rings. The molecule has 104 valence electrons. The molecule has 0 atom stereocenters. The SMILES string of the molecule is O=c1cnn(Cc2ccc(C#CCO)s2)c2ccccc12. The Hall–Kier alpha value is -2.42. The minimum atomic E-state index is -0.140. The van der Waals surface area contributed by atoms with Gasteiger partial charge in [-0.2, -0.15) is 5.10 Å². The van der Waals surface area contributed by atoms with Crippen LogP contribution in [-0.2, 0) is 6.54 Å². The van der Waals surface area contributed by atoms with E-state index < -0.39 is 0 Å². The van der Waals surface area contributed by atoms with E-state index in [2.05, 4.69) is 16.9 Å². The summed E-state index contributed by atoms with van der Waals surface area (Å²) in [6, 6.07) is 11.4. The number of hydrogen-bond acceptors (Lipinski definition) is 4. The fraction of sp³-hybridized carbons (Fsp3) is 0.125. The average Bonchev–Trinajstić information content (AvgIpc) is 2.96. The van der Waals surface area contributed by atoms with Crippen LogP contribution in [0.5, 0.6) is 0 Å². The Morgan fingerprint density at radius 1 is 1.24 bits per heavy atom. The second-order valence-corrected chi connectivity index (χ2v) is 5.58. The number of thiophene rings is 1. The van der Waals surface area contributed by atoms with Crippen LogP contribution in [0.1, 0.15) is 9.75 Å². The highest BCUT2D eigenvalue weighted by Gasteiger charge is 2.05. The van der Waals surface area contributed by atoms with Gasteiger partial charge in [0.2, 0.25) is 5.43 Å². The first kappa shape index (κ1) is 13.6. The summed E-state index contributed by atoms with van der Waals surface area (Å²) in [4.78, 5) is 13.8. The molecule has 0 unspecified atom stereocenters. The molecular weight excluding hydrogens is 284 g/mol. The van der Waals surface area contributed by atoms with Gasteiger partial charge in [-0.05, 0) is 24.3 Å². The van der Waals surface area contributed by atoms with Gasteiger partial charge in [0.05, 0.1) is 23.1 Å². The summed E-state index contributed by atoms with van der Waals surface area (Å²) in [6.45, 7) is 0.450. The number of aliphatic hydroxyl groups excluding tert-OH is 1. The molecule has 0 amide bonds. The molecule has 4 nitrogen and oxygen atoms in total. The van der Waals surface area contributed by atoms with E-state index in [-0.39, 0.29) is 12.0 Å². The topological polar surface area (TPSA) is 55.1 Å². The molecule has 2 aromatic heterocycles. The Morgan fingerprint density at radius 3 is 2.95 bits per heavy atom. The van der Waals surface area contributed by atoms with E-state index >= 15 is 0 Å². The van der Waals surface area contributed by atoms with E-state index in [9.17, 15) is 4.79 Å². The van der Waals surface area contributed by atoms with Crippen molar-refractivity contribution in [2.45, 2.75) is 6.54 Å². The summed E-state index contributed by atoms with van der Waals surface area (Å²) in [5.41, 5.74) is 0.754. The minimum absolute atomic E-state index is 0.0671. The van der Waals surface area contributed by atoms with E-state index in [0.717, 1.165) is 15.3 Å². The average molecular weight is 296 g/mol. The van der Waals surface area contributed by atoms with E-state index in [4.69, 9.17) is 5.11 Å². The standard InChI is InChI=1S/C16H12N2O2S/c19-9-3-4-12-7-8-13(21-12)11-18-15-6-2-1-5-14(15)16(20)10-17-18/h1-2,5-8,10,19H,9,11H2.